The summed E-state index contributed by atoms with van der Waals surface area (Å²) in [5, 5.41) is 9.88. The molecular weight excluding hydrogens is 268 g/mol. The summed E-state index contributed by atoms with van der Waals surface area (Å²) in [6.45, 7) is 1.37. The summed E-state index contributed by atoms with van der Waals surface area (Å²) < 4.78 is 1.24. The van der Waals surface area contributed by atoms with E-state index in [0.717, 1.165) is 16.2 Å². The predicted molar refractivity (Wildman–Crippen MR) is 79.8 cm³/mol. The molecule has 1 amide bonds. The molecule has 2 heterocycles. The summed E-state index contributed by atoms with van der Waals surface area (Å²) >= 11 is 0. The van der Waals surface area contributed by atoms with Gasteiger partial charge in [0.1, 0.15) is 0 Å². The Hall–Kier alpha value is -3.02. The van der Waals surface area contributed by atoms with Gasteiger partial charge in [0, 0.05) is 17.7 Å². The number of amides is 1. The lowest BCUT2D eigenvalue weighted by Crippen LogP contribution is -2.15. The highest BCUT2D eigenvalue weighted by atomic mass is 16.1. The summed E-state index contributed by atoms with van der Waals surface area (Å²) in [6.07, 6.45) is 0. The van der Waals surface area contributed by atoms with Crippen LogP contribution < -0.4 is 10.9 Å². The first-order chi connectivity index (χ1) is 10.1. The van der Waals surface area contributed by atoms with Gasteiger partial charge in [0.15, 0.2) is 5.65 Å². The third-order valence-electron chi connectivity index (χ3n) is 3.46. The molecule has 0 saturated heterocycles. The van der Waals surface area contributed by atoms with Gasteiger partial charge in [-0.3, -0.25) is 14.9 Å². The SMILES string of the molecule is CC(=O)Nc1nc2c3cccc4cccc(c(=O)n2n1)c43. The Morgan fingerprint density at radius 2 is 1.86 bits per heavy atom. The van der Waals surface area contributed by atoms with E-state index in [-0.39, 0.29) is 17.4 Å². The number of pyridine rings is 1. The third kappa shape index (κ3) is 1.59. The number of rotatable bonds is 1. The van der Waals surface area contributed by atoms with Crippen LogP contribution in [0, 0.1) is 0 Å². The summed E-state index contributed by atoms with van der Waals surface area (Å²) in [5.74, 6) is -0.142. The zero-order chi connectivity index (χ0) is 14.6. The summed E-state index contributed by atoms with van der Waals surface area (Å²) in [6, 6.07) is 11.3. The molecule has 4 aromatic rings. The smallest absolute Gasteiger partial charge is 0.280 e. The standard InChI is InChI=1S/C15H10N4O2/c1-8(20)16-15-17-13-10-6-2-4-9-5-3-7-11(12(9)10)14(21)19(13)18-15/h2-7H,1H3,(H,16,18,20). The molecule has 4 rings (SSSR count). The van der Waals surface area contributed by atoms with Gasteiger partial charge in [0.25, 0.3) is 5.56 Å². The van der Waals surface area contributed by atoms with Crippen molar-refractivity contribution in [2.24, 2.45) is 0 Å². The molecule has 6 heteroatoms. The molecule has 6 nitrogen and oxygen atoms in total. The van der Waals surface area contributed by atoms with Crippen LogP contribution in [-0.2, 0) is 4.79 Å². The Balaban J connectivity index is 2.23. The second-order valence-corrected chi connectivity index (χ2v) is 4.87. The van der Waals surface area contributed by atoms with Crippen LogP contribution in [0.2, 0.25) is 0 Å². The number of nitrogens with one attached hydrogen (secondary N) is 1. The first kappa shape index (κ1) is 11.8. The van der Waals surface area contributed by atoms with E-state index in [2.05, 4.69) is 15.4 Å². The van der Waals surface area contributed by atoms with E-state index in [1.165, 1.54) is 11.4 Å². The second-order valence-electron chi connectivity index (χ2n) is 4.87. The first-order valence-electron chi connectivity index (χ1n) is 6.46. The van der Waals surface area contributed by atoms with E-state index in [4.69, 9.17) is 0 Å². The zero-order valence-electron chi connectivity index (χ0n) is 11.1. The Labute approximate surface area is 118 Å². The van der Waals surface area contributed by atoms with Gasteiger partial charge in [-0.05, 0) is 11.5 Å². The van der Waals surface area contributed by atoms with Crippen LogP contribution in [-0.4, -0.2) is 20.5 Å². The normalized spacial score (nSPS) is 11.5. The first-order valence-corrected chi connectivity index (χ1v) is 6.46. The number of carbonyl (C=O) groups is 1. The lowest BCUT2D eigenvalue weighted by Gasteiger charge is -2.04. The van der Waals surface area contributed by atoms with Crippen molar-refractivity contribution >= 4 is 39.0 Å². The van der Waals surface area contributed by atoms with Gasteiger partial charge in [-0.1, -0.05) is 30.3 Å². The van der Waals surface area contributed by atoms with Crippen molar-refractivity contribution in [1.82, 2.24) is 14.6 Å². The van der Waals surface area contributed by atoms with E-state index in [0.29, 0.717) is 11.0 Å². The van der Waals surface area contributed by atoms with Crippen molar-refractivity contribution in [2.45, 2.75) is 6.92 Å². The van der Waals surface area contributed by atoms with Gasteiger partial charge < -0.3 is 0 Å². The highest BCUT2D eigenvalue weighted by molar-refractivity contribution is 6.14. The van der Waals surface area contributed by atoms with Crippen LogP contribution in [0.25, 0.3) is 27.2 Å². The van der Waals surface area contributed by atoms with Gasteiger partial charge in [0.05, 0.1) is 5.39 Å². The molecule has 0 aliphatic carbocycles. The number of hydrogen-bond donors (Lipinski definition) is 1. The van der Waals surface area contributed by atoms with Crippen molar-refractivity contribution in [3.63, 3.8) is 0 Å². The van der Waals surface area contributed by atoms with Crippen molar-refractivity contribution in [3.05, 3.63) is 46.8 Å². The molecule has 0 bridgehead atoms. The van der Waals surface area contributed by atoms with Crippen molar-refractivity contribution in [2.75, 3.05) is 5.32 Å². The van der Waals surface area contributed by atoms with Crippen LogP contribution in [0.5, 0.6) is 0 Å². The van der Waals surface area contributed by atoms with E-state index in [1.807, 2.05) is 30.3 Å². The quantitative estimate of drug-likeness (QED) is 0.576. The van der Waals surface area contributed by atoms with Crippen LogP contribution in [0.3, 0.4) is 0 Å². The number of carbonyl (C=O) groups excluding carboxylic acids is 1. The Kier molecular flexibility index (Phi) is 2.24. The molecule has 0 unspecified atom stereocenters. The fourth-order valence-electron chi connectivity index (χ4n) is 2.66. The molecule has 0 aliphatic heterocycles. The highest BCUT2D eigenvalue weighted by Crippen LogP contribution is 2.27. The number of fused-ring (bicyclic) bond motifs is 2. The van der Waals surface area contributed by atoms with Crippen molar-refractivity contribution in [1.29, 1.82) is 0 Å². The van der Waals surface area contributed by atoms with Gasteiger partial charge in [0.2, 0.25) is 11.9 Å². The van der Waals surface area contributed by atoms with Crippen LogP contribution in [0.1, 0.15) is 6.92 Å². The maximum atomic E-state index is 12.5. The molecule has 0 radical (unpaired) electrons. The molecule has 0 aliphatic rings. The van der Waals surface area contributed by atoms with E-state index >= 15 is 0 Å². The minimum Gasteiger partial charge on any atom is -0.293 e. The molecule has 21 heavy (non-hydrogen) atoms. The van der Waals surface area contributed by atoms with Crippen LogP contribution in [0.4, 0.5) is 5.95 Å². The van der Waals surface area contributed by atoms with E-state index < -0.39 is 0 Å². The van der Waals surface area contributed by atoms with Gasteiger partial charge in [-0.25, -0.2) is 0 Å². The summed E-state index contributed by atoms with van der Waals surface area (Å²) in [7, 11) is 0. The molecule has 0 saturated carbocycles. The fourth-order valence-corrected chi connectivity index (χ4v) is 2.66. The molecule has 2 aromatic heterocycles. The number of nitrogens with zero attached hydrogens (tertiary/aromatic N) is 3. The van der Waals surface area contributed by atoms with Gasteiger partial charge in [-0.15, -0.1) is 5.10 Å². The van der Waals surface area contributed by atoms with Crippen molar-refractivity contribution < 1.29 is 4.79 Å². The molecule has 0 spiro atoms. The molecule has 1 N–H and O–H groups in total. The van der Waals surface area contributed by atoms with E-state index in [1.54, 1.807) is 6.07 Å². The number of hydrogen-bond acceptors (Lipinski definition) is 4. The Morgan fingerprint density at radius 3 is 2.57 bits per heavy atom. The molecular formula is C15H10N4O2. The number of anilines is 1. The minimum absolute atomic E-state index is 0.135. The highest BCUT2D eigenvalue weighted by Gasteiger charge is 2.15. The topological polar surface area (TPSA) is 76.4 Å². The number of aromatic nitrogens is 3. The maximum absolute atomic E-state index is 12.5. The minimum atomic E-state index is -0.277. The molecule has 2 aromatic carbocycles. The molecule has 0 atom stereocenters. The lowest BCUT2D eigenvalue weighted by molar-refractivity contribution is -0.114. The maximum Gasteiger partial charge on any atom is 0.280 e. The largest absolute Gasteiger partial charge is 0.293 e. The van der Waals surface area contributed by atoms with E-state index in [9.17, 15) is 9.59 Å². The number of benzene rings is 2. The van der Waals surface area contributed by atoms with Crippen LogP contribution in [0.15, 0.2) is 41.2 Å². The predicted octanol–water partition coefficient (Wildman–Crippen LogP) is 1.79. The average molecular weight is 278 g/mol. The second kappa shape index (κ2) is 3.99. The average Bonchev–Trinajstić information content (AvgIpc) is 2.87. The Morgan fingerprint density at radius 1 is 1.14 bits per heavy atom. The lowest BCUT2D eigenvalue weighted by atomic mass is 10.0. The summed E-state index contributed by atoms with van der Waals surface area (Å²) in [5.41, 5.74) is 0.214. The molecule has 102 valence electrons. The Bertz CT molecular complexity index is 1060. The summed E-state index contributed by atoms with van der Waals surface area (Å²) in [4.78, 5) is 27.9. The van der Waals surface area contributed by atoms with Crippen LogP contribution >= 0.6 is 0 Å². The monoisotopic (exact) mass is 278 g/mol. The van der Waals surface area contributed by atoms with Gasteiger partial charge in [-0.2, -0.15) is 9.50 Å². The molecule has 0 fully saturated rings. The fraction of sp³-hybridized carbons (Fsp3) is 0.0667. The zero-order valence-corrected chi connectivity index (χ0v) is 11.1. The van der Waals surface area contributed by atoms with Crippen molar-refractivity contribution in [3.8, 4) is 0 Å². The third-order valence-corrected chi connectivity index (χ3v) is 3.46. The van der Waals surface area contributed by atoms with Gasteiger partial charge >= 0.3 is 0 Å².